The summed E-state index contributed by atoms with van der Waals surface area (Å²) in [6.07, 6.45) is 1.80. The maximum Gasteiger partial charge on any atom is 0.123 e. The number of halogens is 1. The van der Waals surface area contributed by atoms with Crippen LogP contribution in [0.4, 0.5) is 5.82 Å². The molecule has 0 saturated carbocycles. The molecule has 4 heteroatoms. The maximum atomic E-state index is 5.62. The Kier molecular flexibility index (Phi) is 2.59. The molecule has 0 aliphatic rings. The number of pyridine rings is 1. The van der Waals surface area contributed by atoms with E-state index in [4.69, 9.17) is 5.73 Å². The molecule has 0 unspecified atom stereocenters. The monoisotopic (exact) mass is 301 g/mol. The van der Waals surface area contributed by atoms with Crippen LogP contribution in [0.15, 0.2) is 47.1 Å². The number of hydrogen-bond acceptors (Lipinski definition) is 2. The van der Waals surface area contributed by atoms with E-state index in [1.807, 2.05) is 24.3 Å². The van der Waals surface area contributed by atoms with Gasteiger partial charge in [0.05, 0.1) is 11.2 Å². The van der Waals surface area contributed by atoms with Crippen molar-refractivity contribution >= 4 is 32.7 Å². The second kappa shape index (κ2) is 4.14. The van der Waals surface area contributed by atoms with E-state index in [2.05, 4.69) is 44.7 Å². The molecule has 0 amide bonds. The van der Waals surface area contributed by atoms with Gasteiger partial charge in [-0.2, -0.15) is 0 Å². The van der Waals surface area contributed by atoms with Crippen LogP contribution in [0.2, 0.25) is 0 Å². The molecule has 0 aliphatic carbocycles. The second-order valence-electron chi connectivity index (χ2n) is 4.24. The zero-order valence-electron chi connectivity index (χ0n) is 9.89. The standard InChI is InChI=1S/C14H12BrN3/c1-18-12(10-5-6-13(16)17-8-10)7-9-3-2-4-11(15)14(9)18/h2-8H,1H3,(H2,16,17). The topological polar surface area (TPSA) is 43.8 Å². The van der Waals surface area contributed by atoms with Crippen LogP contribution in [0.1, 0.15) is 0 Å². The van der Waals surface area contributed by atoms with Crippen LogP contribution >= 0.6 is 15.9 Å². The molecule has 0 atom stereocenters. The first kappa shape index (κ1) is 11.3. The van der Waals surface area contributed by atoms with Gasteiger partial charge in [0.25, 0.3) is 0 Å². The lowest BCUT2D eigenvalue weighted by atomic mass is 10.2. The van der Waals surface area contributed by atoms with Crippen molar-refractivity contribution in [3.05, 3.63) is 47.1 Å². The second-order valence-corrected chi connectivity index (χ2v) is 5.09. The Balaban J connectivity index is 2.27. The minimum absolute atomic E-state index is 0.540. The highest BCUT2D eigenvalue weighted by molar-refractivity contribution is 9.10. The first-order valence-corrected chi connectivity index (χ1v) is 6.42. The van der Waals surface area contributed by atoms with Crippen LogP contribution < -0.4 is 5.73 Å². The molecule has 0 saturated heterocycles. The van der Waals surface area contributed by atoms with Crippen LogP contribution in [0, 0.1) is 0 Å². The molecule has 0 aliphatic heterocycles. The van der Waals surface area contributed by atoms with Crippen LogP contribution in [-0.4, -0.2) is 9.55 Å². The minimum atomic E-state index is 0.540. The molecule has 0 radical (unpaired) electrons. The number of nitrogen functional groups attached to an aromatic ring is 1. The summed E-state index contributed by atoms with van der Waals surface area (Å²) in [7, 11) is 2.05. The van der Waals surface area contributed by atoms with Crippen molar-refractivity contribution in [2.45, 2.75) is 0 Å². The molecule has 3 nitrogen and oxygen atoms in total. The Bertz CT molecular complexity index is 714. The van der Waals surface area contributed by atoms with E-state index < -0.39 is 0 Å². The quantitative estimate of drug-likeness (QED) is 0.746. The van der Waals surface area contributed by atoms with E-state index >= 15 is 0 Å². The highest BCUT2D eigenvalue weighted by Crippen LogP contribution is 2.31. The molecule has 3 aromatic rings. The van der Waals surface area contributed by atoms with Gasteiger partial charge in [0, 0.05) is 28.7 Å². The summed E-state index contributed by atoms with van der Waals surface area (Å²) >= 11 is 3.59. The fourth-order valence-electron chi connectivity index (χ4n) is 2.20. The number of hydrogen-bond donors (Lipinski definition) is 1. The molecule has 90 valence electrons. The molecule has 2 heterocycles. The van der Waals surface area contributed by atoms with Gasteiger partial charge in [-0.25, -0.2) is 4.98 Å². The number of aromatic nitrogens is 2. The molecular weight excluding hydrogens is 290 g/mol. The van der Waals surface area contributed by atoms with Gasteiger partial charge in [0.2, 0.25) is 0 Å². The molecule has 0 bridgehead atoms. The third-order valence-electron chi connectivity index (χ3n) is 3.09. The average molecular weight is 302 g/mol. The number of aryl methyl sites for hydroxylation is 1. The van der Waals surface area contributed by atoms with Crippen LogP contribution in [0.5, 0.6) is 0 Å². The van der Waals surface area contributed by atoms with Gasteiger partial charge in [-0.1, -0.05) is 12.1 Å². The Labute approximate surface area is 113 Å². The van der Waals surface area contributed by atoms with Gasteiger partial charge in [-0.15, -0.1) is 0 Å². The fraction of sp³-hybridized carbons (Fsp3) is 0.0714. The number of rotatable bonds is 1. The highest BCUT2D eigenvalue weighted by atomic mass is 79.9. The number of anilines is 1. The predicted molar refractivity (Wildman–Crippen MR) is 78.3 cm³/mol. The lowest BCUT2D eigenvalue weighted by molar-refractivity contribution is 0.974. The predicted octanol–water partition coefficient (Wildman–Crippen LogP) is 3.59. The van der Waals surface area contributed by atoms with Crippen LogP contribution in [0.25, 0.3) is 22.2 Å². The Morgan fingerprint density at radius 1 is 1.22 bits per heavy atom. The average Bonchev–Trinajstić information content (AvgIpc) is 2.69. The van der Waals surface area contributed by atoms with E-state index in [0.29, 0.717) is 5.82 Å². The number of para-hydroxylation sites is 1. The van der Waals surface area contributed by atoms with Crippen molar-refractivity contribution in [2.75, 3.05) is 5.73 Å². The first-order valence-electron chi connectivity index (χ1n) is 5.62. The Morgan fingerprint density at radius 2 is 2.06 bits per heavy atom. The molecule has 0 fully saturated rings. The highest BCUT2D eigenvalue weighted by Gasteiger charge is 2.10. The molecule has 2 N–H and O–H groups in total. The summed E-state index contributed by atoms with van der Waals surface area (Å²) in [5.41, 5.74) is 8.99. The SMILES string of the molecule is Cn1c(-c2ccc(N)nc2)cc2cccc(Br)c21. The van der Waals surface area contributed by atoms with Gasteiger partial charge < -0.3 is 10.3 Å². The molecular formula is C14H12BrN3. The molecule has 3 rings (SSSR count). The first-order chi connectivity index (χ1) is 8.66. The van der Waals surface area contributed by atoms with Gasteiger partial charge in [-0.3, -0.25) is 0 Å². The van der Waals surface area contributed by atoms with E-state index in [0.717, 1.165) is 15.7 Å². The van der Waals surface area contributed by atoms with Crippen molar-refractivity contribution in [3.63, 3.8) is 0 Å². The maximum absolute atomic E-state index is 5.62. The summed E-state index contributed by atoms with van der Waals surface area (Å²) in [6, 6.07) is 12.2. The van der Waals surface area contributed by atoms with Crippen molar-refractivity contribution in [2.24, 2.45) is 7.05 Å². The summed E-state index contributed by atoms with van der Waals surface area (Å²) in [4.78, 5) is 4.14. The number of benzene rings is 1. The minimum Gasteiger partial charge on any atom is -0.384 e. The molecule has 2 aromatic heterocycles. The normalized spacial score (nSPS) is 11.0. The smallest absolute Gasteiger partial charge is 0.123 e. The number of fused-ring (bicyclic) bond motifs is 1. The van der Waals surface area contributed by atoms with E-state index in [-0.39, 0.29) is 0 Å². The summed E-state index contributed by atoms with van der Waals surface area (Å²) in [6.45, 7) is 0. The van der Waals surface area contributed by atoms with Gasteiger partial charge in [0.1, 0.15) is 5.82 Å². The molecule has 0 spiro atoms. The Hall–Kier alpha value is -1.81. The van der Waals surface area contributed by atoms with Crippen molar-refractivity contribution in [3.8, 4) is 11.3 Å². The third-order valence-corrected chi connectivity index (χ3v) is 3.73. The van der Waals surface area contributed by atoms with E-state index in [9.17, 15) is 0 Å². The van der Waals surface area contributed by atoms with Crippen LogP contribution in [-0.2, 0) is 7.05 Å². The van der Waals surface area contributed by atoms with Gasteiger partial charge >= 0.3 is 0 Å². The van der Waals surface area contributed by atoms with Crippen LogP contribution in [0.3, 0.4) is 0 Å². The summed E-state index contributed by atoms with van der Waals surface area (Å²) in [5, 5.41) is 1.21. The lowest BCUT2D eigenvalue weighted by Gasteiger charge is -2.05. The van der Waals surface area contributed by atoms with E-state index in [1.54, 1.807) is 6.20 Å². The Morgan fingerprint density at radius 3 is 2.72 bits per heavy atom. The number of nitrogens with two attached hydrogens (primary N) is 1. The van der Waals surface area contributed by atoms with E-state index in [1.165, 1.54) is 10.9 Å². The zero-order chi connectivity index (χ0) is 12.7. The largest absolute Gasteiger partial charge is 0.384 e. The zero-order valence-corrected chi connectivity index (χ0v) is 11.5. The molecule has 18 heavy (non-hydrogen) atoms. The number of nitrogens with zero attached hydrogens (tertiary/aromatic N) is 2. The third kappa shape index (κ3) is 1.69. The van der Waals surface area contributed by atoms with Gasteiger partial charge in [0.15, 0.2) is 0 Å². The van der Waals surface area contributed by atoms with Gasteiger partial charge in [-0.05, 0) is 40.2 Å². The summed E-state index contributed by atoms with van der Waals surface area (Å²) in [5.74, 6) is 0.540. The van der Waals surface area contributed by atoms with Crippen molar-refractivity contribution in [1.29, 1.82) is 0 Å². The van der Waals surface area contributed by atoms with Crippen molar-refractivity contribution in [1.82, 2.24) is 9.55 Å². The lowest BCUT2D eigenvalue weighted by Crippen LogP contribution is -1.94. The summed E-state index contributed by atoms with van der Waals surface area (Å²) < 4.78 is 3.25. The molecule has 1 aromatic carbocycles. The fourth-order valence-corrected chi connectivity index (χ4v) is 2.85. The van der Waals surface area contributed by atoms with Crippen molar-refractivity contribution < 1.29 is 0 Å².